The third kappa shape index (κ3) is 4.74. The zero-order valence-electron chi connectivity index (χ0n) is 15.4. The summed E-state index contributed by atoms with van der Waals surface area (Å²) in [5.74, 6) is 1.44. The SMILES string of the molecule is CC(C)OCC1O[C@H](n2ccc(N(C(C)C)C(C)C)nc2=O)CS1. The number of thioether (sulfide) groups is 1. The Balaban J connectivity index is 2.09. The molecule has 1 saturated heterocycles. The van der Waals surface area contributed by atoms with Crippen molar-refractivity contribution in [2.45, 2.75) is 71.4 Å². The molecule has 1 fully saturated rings. The Hall–Kier alpha value is -1.05. The van der Waals surface area contributed by atoms with Gasteiger partial charge in [-0.3, -0.25) is 4.57 Å². The molecule has 136 valence electrons. The van der Waals surface area contributed by atoms with Crippen molar-refractivity contribution in [1.82, 2.24) is 9.55 Å². The molecule has 1 unspecified atom stereocenters. The van der Waals surface area contributed by atoms with Crippen LogP contribution in [0.15, 0.2) is 17.1 Å². The Morgan fingerprint density at radius 1 is 1.33 bits per heavy atom. The normalized spacial score (nSPS) is 21.2. The van der Waals surface area contributed by atoms with Gasteiger partial charge >= 0.3 is 5.69 Å². The minimum Gasteiger partial charge on any atom is -0.375 e. The largest absolute Gasteiger partial charge is 0.375 e. The lowest BCUT2D eigenvalue weighted by Crippen LogP contribution is -2.39. The van der Waals surface area contributed by atoms with Crippen LogP contribution in [-0.2, 0) is 9.47 Å². The first kappa shape index (κ1) is 19.3. The summed E-state index contributed by atoms with van der Waals surface area (Å²) in [6, 6.07) is 2.46. The van der Waals surface area contributed by atoms with Crippen molar-refractivity contribution in [2.24, 2.45) is 0 Å². The third-order valence-electron chi connectivity index (χ3n) is 3.80. The van der Waals surface area contributed by atoms with E-state index in [2.05, 4.69) is 37.6 Å². The van der Waals surface area contributed by atoms with Gasteiger partial charge in [-0.1, -0.05) is 0 Å². The molecule has 0 aliphatic carbocycles. The lowest BCUT2D eigenvalue weighted by atomic mass is 10.2. The molecule has 2 atom stereocenters. The van der Waals surface area contributed by atoms with E-state index in [0.29, 0.717) is 12.4 Å². The molecule has 1 aliphatic heterocycles. The highest BCUT2D eigenvalue weighted by atomic mass is 32.2. The van der Waals surface area contributed by atoms with E-state index in [1.165, 1.54) is 0 Å². The Kier molecular flexibility index (Phi) is 6.71. The number of hydrogen-bond acceptors (Lipinski definition) is 6. The van der Waals surface area contributed by atoms with E-state index < -0.39 is 0 Å². The molecule has 0 bridgehead atoms. The van der Waals surface area contributed by atoms with Crippen LogP contribution in [0.4, 0.5) is 5.82 Å². The molecule has 24 heavy (non-hydrogen) atoms. The fourth-order valence-electron chi connectivity index (χ4n) is 2.84. The average molecular weight is 356 g/mol. The fraction of sp³-hybridized carbons (Fsp3) is 0.765. The van der Waals surface area contributed by atoms with Gasteiger partial charge in [0.15, 0.2) is 0 Å². The van der Waals surface area contributed by atoms with E-state index in [9.17, 15) is 4.79 Å². The van der Waals surface area contributed by atoms with E-state index in [1.807, 2.05) is 19.9 Å². The molecule has 0 aromatic carbocycles. The van der Waals surface area contributed by atoms with Crippen molar-refractivity contribution < 1.29 is 9.47 Å². The fourth-order valence-corrected chi connectivity index (χ4v) is 3.84. The Labute approximate surface area is 148 Å². The summed E-state index contributed by atoms with van der Waals surface area (Å²) in [7, 11) is 0. The zero-order valence-corrected chi connectivity index (χ0v) is 16.2. The second-order valence-electron chi connectivity index (χ2n) is 6.81. The van der Waals surface area contributed by atoms with Gasteiger partial charge in [-0.05, 0) is 47.6 Å². The molecule has 6 nitrogen and oxygen atoms in total. The van der Waals surface area contributed by atoms with Gasteiger partial charge in [0.05, 0.1) is 12.7 Å². The molecule has 0 radical (unpaired) electrons. The van der Waals surface area contributed by atoms with E-state index in [4.69, 9.17) is 9.47 Å². The summed E-state index contributed by atoms with van der Waals surface area (Å²) in [4.78, 5) is 18.9. The molecule has 1 aromatic rings. The monoisotopic (exact) mass is 355 g/mol. The minimum absolute atomic E-state index is 0.0354. The van der Waals surface area contributed by atoms with Crippen LogP contribution < -0.4 is 10.6 Å². The maximum absolute atomic E-state index is 12.5. The lowest BCUT2D eigenvalue weighted by molar-refractivity contribution is -0.0377. The molecule has 1 aliphatic rings. The minimum atomic E-state index is -0.281. The summed E-state index contributed by atoms with van der Waals surface area (Å²) in [5.41, 5.74) is -0.304. The summed E-state index contributed by atoms with van der Waals surface area (Å²) in [6.07, 6.45) is 1.69. The molecule has 0 N–H and O–H groups in total. The molecule has 0 spiro atoms. The standard InChI is InChI=1S/C17H29N3O3S/c1-11(2)20(12(3)4)14-7-8-19(17(21)18-14)15-10-24-16(23-15)9-22-13(5)6/h7-8,11-13,15-16H,9-10H2,1-6H3/t15-,16?/m0/s1. The van der Waals surface area contributed by atoms with Gasteiger partial charge in [0.25, 0.3) is 0 Å². The highest BCUT2D eigenvalue weighted by Gasteiger charge is 2.29. The van der Waals surface area contributed by atoms with Crippen LogP contribution in [-0.4, -0.2) is 45.5 Å². The topological polar surface area (TPSA) is 56.6 Å². The van der Waals surface area contributed by atoms with Crippen LogP contribution >= 0.6 is 11.8 Å². The molecule has 0 saturated carbocycles. The number of aromatic nitrogens is 2. The molecule has 0 amide bonds. The van der Waals surface area contributed by atoms with Crippen LogP contribution in [0, 0.1) is 0 Å². The first-order valence-electron chi connectivity index (χ1n) is 8.55. The van der Waals surface area contributed by atoms with Gasteiger partial charge in [-0.2, -0.15) is 4.98 Å². The molecule has 2 rings (SSSR count). The number of rotatable bonds is 7. The lowest BCUT2D eigenvalue weighted by Gasteiger charge is -2.31. The molecule has 1 aromatic heterocycles. The maximum atomic E-state index is 12.5. The van der Waals surface area contributed by atoms with Crippen molar-refractivity contribution in [2.75, 3.05) is 17.3 Å². The van der Waals surface area contributed by atoms with Crippen LogP contribution in [0.2, 0.25) is 0 Å². The van der Waals surface area contributed by atoms with Gasteiger partial charge in [0.1, 0.15) is 17.5 Å². The first-order chi connectivity index (χ1) is 11.3. The zero-order chi connectivity index (χ0) is 17.9. The smallest absolute Gasteiger partial charge is 0.351 e. The third-order valence-corrected chi connectivity index (χ3v) is 4.90. The van der Waals surface area contributed by atoms with Crippen molar-refractivity contribution >= 4 is 17.6 Å². The number of hydrogen-bond donors (Lipinski definition) is 0. The predicted octanol–water partition coefficient (Wildman–Crippen LogP) is 2.88. The second-order valence-corrected chi connectivity index (χ2v) is 8.00. The number of anilines is 1. The van der Waals surface area contributed by atoms with Crippen LogP contribution in [0.5, 0.6) is 0 Å². The maximum Gasteiger partial charge on any atom is 0.351 e. The van der Waals surface area contributed by atoms with Crippen LogP contribution in [0.1, 0.15) is 47.8 Å². The number of nitrogens with zero attached hydrogens (tertiary/aromatic N) is 3. The molecule has 7 heteroatoms. The Morgan fingerprint density at radius 2 is 2.00 bits per heavy atom. The summed E-state index contributed by atoms with van der Waals surface area (Å²) >= 11 is 1.67. The Bertz CT molecular complexity index is 581. The quantitative estimate of drug-likeness (QED) is 0.750. The van der Waals surface area contributed by atoms with Crippen LogP contribution in [0.25, 0.3) is 0 Å². The van der Waals surface area contributed by atoms with Crippen LogP contribution in [0.3, 0.4) is 0 Å². The second kappa shape index (κ2) is 8.36. The first-order valence-corrected chi connectivity index (χ1v) is 9.60. The van der Waals surface area contributed by atoms with E-state index in [-0.39, 0.29) is 35.5 Å². The highest BCUT2D eigenvalue weighted by Crippen LogP contribution is 2.31. The van der Waals surface area contributed by atoms with Crippen molar-refractivity contribution in [3.63, 3.8) is 0 Å². The van der Waals surface area contributed by atoms with Gasteiger partial charge < -0.3 is 14.4 Å². The molecular formula is C17H29N3O3S. The van der Waals surface area contributed by atoms with Gasteiger partial charge in [-0.25, -0.2) is 4.79 Å². The van der Waals surface area contributed by atoms with Gasteiger partial charge in [-0.15, -0.1) is 11.8 Å². The average Bonchev–Trinajstić information content (AvgIpc) is 2.93. The van der Waals surface area contributed by atoms with E-state index in [1.54, 1.807) is 22.5 Å². The van der Waals surface area contributed by atoms with E-state index >= 15 is 0 Å². The van der Waals surface area contributed by atoms with Crippen molar-refractivity contribution in [3.8, 4) is 0 Å². The summed E-state index contributed by atoms with van der Waals surface area (Å²) < 4.78 is 13.1. The van der Waals surface area contributed by atoms with Gasteiger partial charge in [0, 0.05) is 24.0 Å². The van der Waals surface area contributed by atoms with Gasteiger partial charge in [0.2, 0.25) is 0 Å². The number of ether oxygens (including phenoxy) is 2. The molecular weight excluding hydrogens is 326 g/mol. The van der Waals surface area contributed by atoms with Crippen molar-refractivity contribution in [3.05, 3.63) is 22.7 Å². The van der Waals surface area contributed by atoms with E-state index in [0.717, 1.165) is 5.75 Å². The summed E-state index contributed by atoms with van der Waals surface area (Å²) in [5, 5.41) is 0. The Morgan fingerprint density at radius 3 is 2.54 bits per heavy atom. The van der Waals surface area contributed by atoms with Crippen molar-refractivity contribution in [1.29, 1.82) is 0 Å². The molecule has 2 heterocycles. The predicted molar refractivity (Wildman–Crippen MR) is 98.7 cm³/mol. The highest BCUT2D eigenvalue weighted by molar-refractivity contribution is 8.00. The summed E-state index contributed by atoms with van der Waals surface area (Å²) in [6.45, 7) is 12.9.